The normalized spacial score (nSPS) is 14.6. The molecule has 0 atom stereocenters. The first-order valence-corrected chi connectivity index (χ1v) is 8.28. The quantitative estimate of drug-likeness (QED) is 0.787. The number of benzene rings is 2. The first-order chi connectivity index (χ1) is 11.2. The van der Waals surface area contributed by atoms with E-state index < -0.39 is 32.8 Å². The largest absolute Gasteiger partial charge is 0.573 e. The SMILES string of the molecule is O=S(=O)(c1ccccc1OC(F)(F)F)N1CCc2ccc(F)cc21. The molecule has 0 saturated heterocycles. The lowest BCUT2D eigenvalue weighted by atomic mass is 10.2. The highest BCUT2D eigenvalue weighted by atomic mass is 32.2. The molecule has 1 aliphatic rings. The van der Waals surface area contributed by atoms with E-state index in [0.29, 0.717) is 12.0 Å². The Kier molecular flexibility index (Phi) is 3.90. The molecule has 0 unspecified atom stereocenters. The van der Waals surface area contributed by atoms with Crippen LogP contribution in [0, 0.1) is 5.82 Å². The smallest absolute Gasteiger partial charge is 0.404 e. The van der Waals surface area contributed by atoms with Gasteiger partial charge in [0.05, 0.1) is 5.69 Å². The number of ether oxygens (including phenoxy) is 1. The number of anilines is 1. The van der Waals surface area contributed by atoms with Crippen LogP contribution in [-0.2, 0) is 16.4 Å². The highest BCUT2D eigenvalue weighted by molar-refractivity contribution is 7.93. The van der Waals surface area contributed by atoms with E-state index >= 15 is 0 Å². The van der Waals surface area contributed by atoms with Gasteiger partial charge in [-0.15, -0.1) is 13.2 Å². The van der Waals surface area contributed by atoms with Crippen molar-refractivity contribution in [2.75, 3.05) is 10.8 Å². The number of rotatable bonds is 3. The Bertz CT molecular complexity index is 881. The number of hydrogen-bond donors (Lipinski definition) is 0. The van der Waals surface area contributed by atoms with Gasteiger partial charge in [-0.25, -0.2) is 12.8 Å². The summed E-state index contributed by atoms with van der Waals surface area (Å²) < 4.78 is 81.2. The Morgan fingerprint density at radius 1 is 1.08 bits per heavy atom. The van der Waals surface area contributed by atoms with E-state index in [-0.39, 0.29) is 12.2 Å². The van der Waals surface area contributed by atoms with Crippen molar-refractivity contribution in [2.24, 2.45) is 0 Å². The molecule has 9 heteroatoms. The van der Waals surface area contributed by atoms with Gasteiger partial charge in [-0.05, 0) is 36.2 Å². The molecule has 1 aliphatic heterocycles. The van der Waals surface area contributed by atoms with E-state index in [4.69, 9.17) is 0 Å². The van der Waals surface area contributed by atoms with E-state index in [1.807, 2.05) is 0 Å². The molecule has 2 aromatic rings. The Morgan fingerprint density at radius 2 is 1.79 bits per heavy atom. The van der Waals surface area contributed by atoms with E-state index in [0.717, 1.165) is 22.5 Å². The van der Waals surface area contributed by atoms with Crippen molar-refractivity contribution in [1.29, 1.82) is 0 Å². The molecule has 0 fully saturated rings. The standard InChI is InChI=1S/C15H11F4NO3S/c16-11-6-5-10-7-8-20(12(10)9-11)24(21,22)14-4-2-1-3-13(14)23-15(17,18)19/h1-6,9H,7-8H2. The van der Waals surface area contributed by atoms with Crippen LogP contribution in [0.2, 0.25) is 0 Å². The Hall–Kier alpha value is -2.29. The van der Waals surface area contributed by atoms with Crippen molar-refractivity contribution >= 4 is 15.7 Å². The maximum Gasteiger partial charge on any atom is 0.573 e. The average Bonchev–Trinajstić information content (AvgIpc) is 2.89. The van der Waals surface area contributed by atoms with Crippen molar-refractivity contribution in [2.45, 2.75) is 17.7 Å². The van der Waals surface area contributed by atoms with Gasteiger partial charge < -0.3 is 4.74 Å². The topological polar surface area (TPSA) is 46.6 Å². The van der Waals surface area contributed by atoms with E-state index in [1.54, 1.807) is 0 Å². The first kappa shape index (κ1) is 16.6. The van der Waals surface area contributed by atoms with Gasteiger partial charge in [0.15, 0.2) is 0 Å². The van der Waals surface area contributed by atoms with Crippen molar-refractivity contribution in [1.82, 2.24) is 0 Å². The second kappa shape index (κ2) is 5.66. The Balaban J connectivity index is 2.07. The third-order valence-corrected chi connectivity index (χ3v) is 5.40. The Labute approximate surface area is 135 Å². The lowest BCUT2D eigenvalue weighted by Gasteiger charge is -2.21. The summed E-state index contributed by atoms with van der Waals surface area (Å²) in [7, 11) is -4.33. The molecule has 0 aliphatic carbocycles. The van der Waals surface area contributed by atoms with Gasteiger partial charge in [-0.1, -0.05) is 18.2 Å². The summed E-state index contributed by atoms with van der Waals surface area (Å²) in [5.74, 6) is -1.45. The van der Waals surface area contributed by atoms with E-state index in [9.17, 15) is 26.0 Å². The zero-order valence-corrected chi connectivity index (χ0v) is 12.9. The lowest BCUT2D eigenvalue weighted by molar-refractivity contribution is -0.275. The fourth-order valence-corrected chi connectivity index (χ4v) is 4.18. The first-order valence-electron chi connectivity index (χ1n) is 6.84. The summed E-state index contributed by atoms with van der Waals surface area (Å²) in [5.41, 5.74) is 0.728. The van der Waals surface area contributed by atoms with Crippen LogP contribution in [0.3, 0.4) is 0 Å². The predicted octanol–water partition coefficient (Wildman–Crippen LogP) is 3.48. The van der Waals surface area contributed by atoms with E-state index in [2.05, 4.69) is 4.74 Å². The maximum atomic E-state index is 13.4. The van der Waals surface area contributed by atoms with Gasteiger partial charge in [0.1, 0.15) is 16.5 Å². The average molecular weight is 361 g/mol. The van der Waals surface area contributed by atoms with Crippen molar-refractivity contribution in [3.05, 3.63) is 53.8 Å². The third-order valence-electron chi connectivity index (χ3n) is 3.54. The fraction of sp³-hybridized carbons (Fsp3) is 0.200. The molecule has 0 saturated carbocycles. The minimum absolute atomic E-state index is 0.0153. The van der Waals surface area contributed by atoms with Crippen LogP contribution in [0.15, 0.2) is 47.4 Å². The van der Waals surface area contributed by atoms with Crippen LogP contribution in [0.4, 0.5) is 23.2 Å². The number of nitrogens with zero attached hydrogens (tertiary/aromatic N) is 1. The number of fused-ring (bicyclic) bond motifs is 1. The molecule has 0 N–H and O–H groups in total. The van der Waals surface area contributed by atoms with Gasteiger partial charge in [0.25, 0.3) is 10.0 Å². The summed E-state index contributed by atoms with van der Waals surface area (Å²) >= 11 is 0. The molecule has 128 valence electrons. The third kappa shape index (κ3) is 3.03. The number of hydrogen-bond acceptors (Lipinski definition) is 3. The molecule has 0 radical (unpaired) electrons. The molecule has 24 heavy (non-hydrogen) atoms. The minimum Gasteiger partial charge on any atom is -0.404 e. The maximum absolute atomic E-state index is 13.4. The number of sulfonamides is 1. The van der Waals surface area contributed by atoms with Crippen LogP contribution < -0.4 is 9.04 Å². The lowest BCUT2D eigenvalue weighted by Crippen LogP contribution is -2.30. The van der Waals surface area contributed by atoms with Crippen LogP contribution in [0.25, 0.3) is 0 Å². The summed E-state index contributed by atoms with van der Waals surface area (Å²) in [5, 5.41) is 0. The molecular weight excluding hydrogens is 350 g/mol. The zero-order valence-electron chi connectivity index (χ0n) is 12.0. The number of para-hydroxylation sites is 1. The van der Waals surface area contributed by atoms with Gasteiger partial charge in [0.2, 0.25) is 0 Å². The fourth-order valence-electron chi connectivity index (χ4n) is 2.56. The monoisotopic (exact) mass is 361 g/mol. The van der Waals surface area contributed by atoms with E-state index in [1.165, 1.54) is 24.3 Å². The highest BCUT2D eigenvalue weighted by Gasteiger charge is 2.37. The van der Waals surface area contributed by atoms with Crippen molar-refractivity contribution in [3.8, 4) is 5.75 Å². The number of halogens is 4. The summed E-state index contributed by atoms with van der Waals surface area (Å²) in [6.45, 7) is 0.0153. The highest BCUT2D eigenvalue weighted by Crippen LogP contribution is 2.37. The second-order valence-electron chi connectivity index (χ2n) is 5.09. The Morgan fingerprint density at radius 3 is 2.50 bits per heavy atom. The van der Waals surface area contributed by atoms with Gasteiger partial charge in [-0.3, -0.25) is 4.31 Å². The zero-order chi connectivity index (χ0) is 17.5. The molecule has 0 spiro atoms. The molecular formula is C15H11F4NO3S. The summed E-state index contributed by atoms with van der Waals surface area (Å²) in [4.78, 5) is -0.626. The van der Waals surface area contributed by atoms with Gasteiger partial charge in [-0.2, -0.15) is 0 Å². The van der Waals surface area contributed by atoms with Crippen LogP contribution in [0.1, 0.15) is 5.56 Å². The van der Waals surface area contributed by atoms with Crippen LogP contribution in [0.5, 0.6) is 5.75 Å². The summed E-state index contributed by atoms with van der Waals surface area (Å²) in [6, 6.07) is 8.17. The minimum atomic E-state index is -5.03. The molecule has 0 aromatic heterocycles. The second-order valence-corrected chi connectivity index (χ2v) is 6.93. The van der Waals surface area contributed by atoms with Gasteiger partial charge >= 0.3 is 6.36 Å². The molecule has 3 rings (SSSR count). The molecule has 0 amide bonds. The predicted molar refractivity (Wildman–Crippen MR) is 77.8 cm³/mol. The summed E-state index contributed by atoms with van der Waals surface area (Å²) in [6.07, 6.45) is -4.68. The van der Waals surface area contributed by atoms with Crippen molar-refractivity contribution < 1.29 is 30.7 Å². The molecule has 0 bridgehead atoms. The van der Waals surface area contributed by atoms with Crippen LogP contribution >= 0.6 is 0 Å². The molecule has 2 aromatic carbocycles. The molecule has 4 nitrogen and oxygen atoms in total. The molecule has 1 heterocycles. The van der Waals surface area contributed by atoms with Crippen molar-refractivity contribution in [3.63, 3.8) is 0 Å². The van der Waals surface area contributed by atoms with Crippen LogP contribution in [-0.4, -0.2) is 21.3 Å². The number of alkyl halides is 3. The van der Waals surface area contributed by atoms with Gasteiger partial charge in [0, 0.05) is 6.54 Å².